The van der Waals surface area contributed by atoms with Gasteiger partial charge in [0.05, 0.1) is 12.1 Å². The monoisotopic (exact) mass is 420 g/mol. The fourth-order valence-corrected chi connectivity index (χ4v) is 5.77. The van der Waals surface area contributed by atoms with E-state index in [1.165, 1.54) is 0 Å². The standard InChI is InChI=1S/C20H25ClN4O2S/c21-13-5-6-15-14(9-13)12(10-23-15)7-8-22-18(26)4-2-1-3-17-19-16(11-28-17)24-20(27)25-19/h5-6,9-10,16-17,19,23H,1-4,7-8,11H2,(H,22,26)(H2,24,25,27)/t16-,17-,19-/m0/s1. The maximum absolute atomic E-state index is 12.1. The second kappa shape index (κ2) is 8.66. The van der Waals surface area contributed by atoms with Crippen LogP contribution in [0.2, 0.25) is 5.02 Å². The number of H-pyrrole nitrogens is 1. The van der Waals surface area contributed by atoms with Crippen LogP contribution in [0.25, 0.3) is 10.9 Å². The van der Waals surface area contributed by atoms with E-state index in [-0.39, 0.29) is 24.0 Å². The zero-order valence-electron chi connectivity index (χ0n) is 15.6. The summed E-state index contributed by atoms with van der Waals surface area (Å²) in [7, 11) is 0. The molecule has 3 atom stereocenters. The molecule has 0 saturated carbocycles. The van der Waals surface area contributed by atoms with Gasteiger partial charge in [-0.25, -0.2) is 4.79 Å². The zero-order valence-corrected chi connectivity index (χ0v) is 17.2. The molecule has 0 bridgehead atoms. The second-order valence-electron chi connectivity index (χ2n) is 7.47. The molecule has 0 unspecified atom stereocenters. The summed E-state index contributed by atoms with van der Waals surface area (Å²) in [6.45, 7) is 0.623. The molecule has 0 radical (unpaired) electrons. The summed E-state index contributed by atoms with van der Waals surface area (Å²) < 4.78 is 0. The molecule has 28 heavy (non-hydrogen) atoms. The van der Waals surface area contributed by atoms with Crippen LogP contribution in [0.5, 0.6) is 0 Å². The van der Waals surface area contributed by atoms with Crippen molar-refractivity contribution in [2.24, 2.45) is 0 Å². The number of urea groups is 1. The summed E-state index contributed by atoms with van der Waals surface area (Å²) in [5.41, 5.74) is 2.23. The van der Waals surface area contributed by atoms with Crippen LogP contribution in [-0.4, -0.2) is 46.6 Å². The van der Waals surface area contributed by atoms with Gasteiger partial charge < -0.3 is 20.9 Å². The smallest absolute Gasteiger partial charge is 0.315 e. The highest BCUT2D eigenvalue weighted by atomic mass is 35.5. The first-order valence-corrected chi connectivity index (χ1v) is 11.2. The van der Waals surface area contributed by atoms with Crippen LogP contribution in [0.3, 0.4) is 0 Å². The fourth-order valence-electron chi connectivity index (χ4n) is 4.06. The average molecular weight is 421 g/mol. The molecule has 3 amide bonds. The summed E-state index contributed by atoms with van der Waals surface area (Å²) >= 11 is 8.00. The Bertz CT molecular complexity index is 871. The van der Waals surface area contributed by atoms with Crippen LogP contribution in [0, 0.1) is 0 Å². The SMILES string of the molecule is O=C(CCCC[C@@H]1SC[C@@H]2NC(=O)N[C@@H]21)NCCc1c[nH]c2ccc(Cl)cc12. The third-order valence-corrected chi connectivity index (χ3v) is 7.27. The van der Waals surface area contributed by atoms with E-state index >= 15 is 0 Å². The van der Waals surface area contributed by atoms with E-state index in [2.05, 4.69) is 20.9 Å². The lowest BCUT2D eigenvalue weighted by Gasteiger charge is -2.16. The van der Waals surface area contributed by atoms with Crippen molar-refractivity contribution in [1.82, 2.24) is 20.9 Å². The summed E-state index contributed by atoms with van der Waals surface area (Å²) in [5, 5.41) is 11.3. The molecular weight excluding hydrogens is 396 g/mol. The van der Waals surface area contributed by atoms with Crippen LogP contribution in [0.4, 0.5) is 4.79 Å². The molecule has 8 heteroatoms. The molecule has 0 spiro atoms. The Kier molecular flexibility index (Phi) is 6.01. The summed E-state index contributed by atoms with van der Waals surface area (Å²) in [6.07, 6.45) is 6.24. The van der Waals surface area contributed by atoms with E-state index in [0.717, 1.165) is 52.9 Å². The van der Waals surface area contributed by atoms with E-state index in [9.17, 15) is 9.59 Å². The van der Waals surface area contributed by atoms with Crippen molar-refractivity contribution in [1.29, 1.82) is 0 Å². The van der Waals surface area contributed by atoms with Gasteiger partial charge in [-0.05, 0) is 43.0 Å². The number of rotatable bonds is 8. The first kappa shape index (κ1) is 19.5. The predicted octanol–water partition coefficient (Wildman–Crippen LogP) is 3.21. The highest BCUT2D eigenvalue weighted by Crippen LogP contribution is 2.33. The topological polar surface area (TPSA) is 86.0 Å². The summed E-state index contributed by atoms with van der Waals surface area (Å²) in [4.78, 5) is 26.7. The Morgan fingerprint density at radius 3 is 3.07 bits per heavy atom. The Hall–Kier alpha value is -1.86. The quantitative estimate of drug-likeness (QED) is 0.390. The minimum Gasteiger partial charge on any atom is -0.361 e. The number of unbranched alkanes of at least 4 members (excludes halogenated alkanes) is 1. The zero-order chi connectivity index (χ0) is 19.5. The number of aromatic nitrogens is 1. The number of thioether (sulfide) groups is 1. The van der Waals surface area contributed by atoms with Crippen LogP contribution in [0.15, 0.2) is 24.4 Å². The summed E-state index contributed by atoms with van der Waals surface area (Å²) in [5.74, 6) is 1.08. The molecule has 6 nitrogen and oxygen atoms in total. The van der Waals surface area contributed by atoms with Crippen LogP contribution in [0.1, 0.15) is 31.2 Å². The maximum Gasteiger partial charge on any atom is 0.315 e. The van der Waals surface area contributed by atoms with Gasteiger partial charge >= 0.3 is 6.03 Å². The molecule has 1 aromatic carbocycles. The Morgan fingerprint density at radius 1 is 1.29 bits per heavy atom. The Labute approximate surface area is 173 Å². The molecule has 4 rings (SSSR count). The molecule has 0 aliphatic carbocycles. The van der Waals surface area contributed by atoms with Gasteiger partial charge in [0, 0.05) is 46.1 Å². The number of carbonyl (C=O) groups is 2. The van der Waals surface area contributed by atoms with Crippen molar-refractivity contribution in [3.05, 3.63) is 35.0 Å². The molecule has 3 heterocycles. The number of fused-ring (bicyclic) bond motifs is 2. The lowest BCUT2D eigenvalue weighted by atomic mass is 10.0. The molecule has 2 fully saturated rings. The number of nitrogens with one attached hydrogen (secondary N) is 4. The highest BCUT2D eigenvalue weighted by Gasteiger charge is 2.42. The molecular formula is C20H25ClN4O2S. The van der Waals surface area contributed by atoms with Crippen molar-refractivity contribution < 1.29 is 9.59 Å². The Balaban J connectivity index is 1.13. The van der Waals surface area contributed by atoms with E-state index < -0.39 is 0 Å². The molecule has 1 aromatic heterocycles. The van der Waals surface area contributed by atoms with Crippen molar-refractivity contribution in [2.45, 2.75) is 49.4 Å². The number of amides is 3. The van der Waals surface area contributed by atoms with Gasteiger partial charge in [0.25, 0.3) is 0 Å². The van der Waals surface area contributed by atoms with Crippen molar-refractivity contribution in [2.75, 3.05) is 12.3 Å². The number of carbonyl (C=O) groups excluding carboxylic acids is 2. The van der Waals surface area contributed by atoms with Gasteiger partial charge in [-0.2, -0.15) is 11.8 Å². The largest absolute Gasteiger partial charge is 0.361 e. The normalized spacial score (nSPS) is 23.5. The molecule has 2 aliphatic rings. The summed E-state index contributed by atoms with van der Waals surface area (Å²) in [6, 6.07) is 6.27. The van der Waals surface area contributed by atoms with Gasteiger partial charge in [0.15, 0.2) is 0 Å². The third-order valence-electron chi connectivity index (χ3n) is 5.53. The predicted molar refractivity (Wildman–Crippen MR) is 114 cm³/mol. The van der Waals surface area contributed by atoms with E-state index in [1.807, 2.05) is 36.2 Å². The first-order valence-electron chi connectivity index (χ1n) is 9.81. The van der Waals surface area contributed by atoms with Gasteiger partial charge in [0.1, 0.15) is 0 Å². The van der Waals surface area contributed by atoms with E-state index in [4.69, 9.17) is 11.6 Å². The molecule has 2 saturated heterocycles. The molecule has 4 N–H and O–H groups in total. The lowest BCUT2D eigenvalue weighted by molar-refractivity contribution is -0.121. The van der Waals surface area contributed by atoms with Gasteiger partial charge in [-0.3, -0.25) is 4.79 Å². The molecule has 2 aromatic rings. The number of benzene rings is 1. The Morgan fingerprint density at radius 2 is 2.18 bits per heavy atom. The van der Waals surface area contributed by atoms with Crippen molar-refractivity contribution in [3.8, 4) is 0 Å². The molecule has 2 aliphatic heterocycles. The van der Waals surface area contributed by atoms with Crippen molar-refractivity contribution in [3.63, 3.8) is 0 Å². The van der Waals surface area contributed by atoms with E-state index in [1.54, 1.807) is 0 Å². The minimum atomic E-state index is -0.0443. The van der Waals surface area contributed by atoms with Crippen LogP contribution < -0.4 is 16.0 Å². The van der Waals surface area contributed by atoms with Crippen LogP contribution >= 0.6 is 23.4 Å². The van der Waals surface area contributed by atoms with Gasteiger partial charge in [-0.15, -0.1) is 0 Å². The number of halogens is 1. The number of hydrogen-bond donors (Lipinski definition) is 4. The van der Waals surface area contributed by atoms with Gasteiger partial charge in [-0.1, -0.05) is 18.0 Å². The molecule has 150 valence electrons. The first-order chi connectivity index (χ1) is 13.6. The van der Waals surface area contributed by atoms with Crippen LogP contribution in [-0.2, 0) is 11.2 Å². The fraction of sp³-hybridized carbons (Fsp3) is 0.500. The highest BCUT2D eigenvalue weighted by molar-refractivity contribution is 8.00. The number of aromatic amines is 1. The third kappa shape index (κ3) is 4.41. The number of hydrogen-bond acceptors (Lipinski definition) is 3. The minimum absolute atomic E-state index is 0.0443. The maximum atomic E-state index is 12.1. The second-order valence-corrected chi connectivity index (χ2v) is 9.18. The van der Waals surface area contributed by atoms with Gasteiger partial charge in [0.2, 0.25) is 5.91 Å². The van der Waals surface area contributed by atoms with Crippen molar-refractivity contribution >= 4 is 46.2 Å². The van der Waals surface area contributed by atoms with E-state index in [0.29, 0.717) is 18.2 Å². The average Bonchev–Trinajstić information content (AvgIpc) is 3.34. The lowest BCUT2D eigenvalue weighted by Crippen LogP contribution is -2.36.